The van der Waals surface area contributed by atoms with Crippen molar-refractivity contribution >= 4 is 11.7 Å². The van der Waals surface area contributed by atoms with Crippen LogP contribution in [0, 0.1) is 0 Å². The van der Waals surface area contributed by atoms with Crippen LogP contribution in [0.2, 0.25) is 0 Å². The van der Waals surface area contributed by atoms with Crippen molar-refractivity contribution in [2.45, 2.75) is 25.4 Å². The molecule has 1 aliphatic heterocycles. The second-order valence-electron chi connectivity index (χ2n) is 5.42. The number of aryl methyl sites for hydroxylation is 1. The summed E-state index contributed by atoms with van der Waals surface area (Å²) in [6, 6.07) is 4.09. The highest BCUT2D eigenvalue weighted by Crippen LogP contribution is 2.18. The van der Waals surface area contributed by atoms with E-state index in [1.165, 1.54) is 0 Å². The van der Waals surface area contributed by atoms with Crippen LogP contribution in [0.15, 0.2) is 30.7 Å². The SMILES string of the molecule is Cn1ccc(NC(=O)CN2CCC[C@@H]2Cn2cccn2)n1. The number of carbonyl (C=O) groups is 1. The summed E-state index contributed by atoms with van der Waals surface area (Å²) in [6.07, 6.45) is 7.79. The molecule has 0 saturated carbocycles. The second-order valence-corrected chi connectivity index (χ2v) is 5.42. The van der Waals surface area contributed by atoms with Gasteiger partial charge in [0.15, 0.2) is 5.82 Å². The Hall–Kier alpha value is -2.15. The van der Waals surface area contributed by atoms with Crippen molar-refractivity contribution in [1.29, 1.82) is 0 Å². The maximum Gasteiger partial charge on any atom is 0.239 e. The molecule has 3 heterocycles. The Bertz CT molecular complexity index is 590. The normalized spacial score (nSPS) is 19.0. The van der Waals surface area contributed by atoms with Gasteiger partial charge in [-0.25, -0.2) is 0 Å². The van der Waals surface area contributed by atoms with Gasteiger partial charge in [-0.3, -0.25) is 19.1 Å². The third-order valence-corrected chi connectivity index (χ3v) is 3.78. The first-order valence-electron chi connectivity index (χ1n) is 7.22. The quantitative estimate of drug-likeness (QED) is 0.880. The molecule has 1 saturated heterocycles. The number of anilines is 1. The van der Waals surface area contributed by atoms with Crippen LogP contribution >= 0.6 is 0 Å². The Morgan fingerprint density at radius 1 is 1.48 bits per heavy atom. The first-order valence-corrected chi connectivity index (χ1v) is 7.22. The van der Waals surface area contributed by atoms with Gasteiger partial charge in [0.2, 0.25) is 5.91 Å². The van der Waals surface area contributed by atoms with E-state index < -0.39 is 0 Å². The molecule has 0 bridgehead atoms. The van der Waals surface area contributed by atoms with Gasteiger partial charge in [0, 0.05) is 37.7 Å². The van der Waals surface area contributed by atoms with Crippen LogP contribution in [0.25, 0.3) is 0 Å². The van der Waals surface area contributed by atoms with Gasteiger partial charge in [-0.15, -0.1) is 0 Å². The molecule has 0 unspecified atom stereocenters. The molecule has 0 radical (unpaired) electrons. The van der Waals surface area contributed by atoms with Gasteiger partial charge < -0.3 is 5.32 Å². The van der Waals surface area contributed by atoms with Crippen LogP contribution in [0.4, 0.5) is 5.82 Å². The third-order valence-electron chi connectivity index (χ3n) is 3.78. The minimum absolute atomic E-state index is 0.0129. The van der Waals surface area contributed by atoms with Crippen molar-refractivity contribution in [3.8, 4) is 0 Å². The summed E-state index contributed by atoms with van der Waals surface area (Å²) >= 11 is 0. The molecule has 0 spiro atoms. The van der Waals surface area contributed by atoms with E-state index in [2.05, 4.69) is 20.4 Å². The van der Waals surface area contributed by atoms with E-state index in [0.29, 0.717) is 18.4 Å². The minimum Gasteiger partial charge on any atom is -0.308 e. The number of nitrogens with one attached hydrogen (secondary N) is 1. The van der Waals surface area contributed by atoms with Crippen LogP contribution in [-0.2, 0) is 18.4 Å². The molecule has 2 aromatic rings. The van der Waals surface area contributed by atoms with Crippen molar-refractivity contribution in [1.82, 2.24) is 24.5 Å². The Labute approximate surface area is 123 Å². The van der Waals surface area contributed by atoms with Crippen molar-refractivity contribution in [2.75, 3.05) is 18.4 Å². The zero-order chi connectivity index (χ0) is 14.7. The largest absolute Gasteiger partial charge is 0.308 e. The van der Waals surface area contributed by atoms with Crippen molar-refractivity contribution < 1.29 is 4.79 Å². The zero-order valence-corrected chi connectivity index (χ0v) is 12.1. The average Bonchev–Trinajstić information content (AvgIpc) is 3.15. The molecule has 1 aliphatic rings. The molecule has 0 aromatic carbocycles. The van der Waals surface area contributed by atoms with E-state index in [0.717, 1.165) is 25.9 Å². The lowest BCUT2D eigenvalue weighted by Crippen LogP contribution is -2.39. The average molecular weight is 288 g/mol. The summed E-state index contributed by atoms with van der Waals surface area (Å²) in [6.45, 7) is 2.20. The lowest BCUT2D eigenvalue weighted by atomic mass is 10.2. The molecule has 1 fully saturated rings. The smallest absolute Gasteiger partial charge is 0.239 e. The maximum absolute atomic E-state index is 12.1. The van der Waals surface area contributed by atoms with Crippen LogP contribution in [0.3, 0.4) is 0 Å². The highest BCUT2D eigenvalue weighted by molar-refractivity contribution is 5.91. The fourth-order valence-corrected chi connectivity index (χ4v) is 2.78. The highest BCUT2D eigenvalue weighted by Gasteiger charge is 2.26. The number of carbonyl (C=O) groups excluding carboxylic acids is 1. The van der Waals surface area contributed by atoms with E-state index in [1.54, 1.807) is 16.9 Å². The number of hydrogen-bond acceptors (Lipinski definition) is 4. The number of amides is 1. The molecule has 1 atom stereocenters. The first-order chi connectivity index (χ1) is 10.2. The van der Waals surface area contributed by atoms with Gasteiger partial charge >= 0.3 is 0 Å². The summed E-state index contributed by atoms with van der Waals surface area (Å²) in [5.41, 5.74) is 0. The van der Waals surface area contributed by atoms with Gasteiger partial charge in [0.25, 0.3) is 0 Å². The molecule has 1 amide bonds. The van der Waals surface area contributed by atoms with Crippen molar-refractivity contribution in [3.05, 3.63) is 30.7 Å². The summed E-state index contributed by atoms with van der Waals surface area (Å²) in [7, 11) is 1.83. The predicted molar refractivity (Wildman–Crippen MR) is 78.7 cm³/mol. The molecule has 7 heteroatoms. The predicted octanol–water partition coefficient (Wildman–Crippen LogP) is 0.720. The minimum atomic E-state index is -0.0129. The van der Waals surface area contributed by atoms with Gasteiger partial charge in [-0.2, -0.15) is 10.2 Å². The Kier molecular flexibility index (Phi) is 4.01. The standard InChI is InChI=1S/C14H20N6O/c1-18-9-5-13(17-18)16-14(21)11-19-7-2-4-12(19)10-20-8-3-6-15-20/h3,5-6,8-9,12H,2,4,7,10-11H2,1H3,(H,16,17,21)/t12-/m1/s1. The van der Waals surface area contributed by atoms with Gasteiger partial charge in [0.05, 0.1) is 13.1 Å². The molecular formula is C14H20N6O. The molecule has 1 N–H and O–H groups in total. The molecule has 112 valence electrons. The van der Waals surface area contributed by atoms with Crippen molar-refractivity contribution in [3.63, 3.8) is 0 Å². The van der Waals surface area contributed by atoms with Crippen LogP contribution in [-0.4, -0.2) is 49.5 Å². The van der Waals surface area contributed by atoms with Gasteiger partial charge in [-0.05, 0) is 25.5 Å². The molecule has 2 aromatic heterocycles. The lowest BCUT2D eigenvalue weighted by Gasteiger charge is -2.23. The summed E-state index contributed by atoms with van der Waals surface area (Å²) in [4.78, 5) is 14.3. The number of nitrogens with zero attached hydrogens (tertiary/aromatic N) is 5. The third kappa shape index (κ3) is 3.49. The molecule has 3 rings (SSSR count). The highest BCUT2D eigenvalue weighted by atomic mass is 16.2. The van der Waals surface area contributed by atoms with Gasteiger partial charge in [0.1, 0.15) is 0 Å². The Morgan fingerprint density at radius 2 is 2.38 bits per heavy atom. The van der Waals surface area contributed by atoms with Crippen molar-refractivity contribution in [2.24, 2.45) is 7.05 Å². The molecule has 21 heavy (non-hydrogen) atoms. The molecular weight excluding hydrogens is 268 g/mol. The first kappa shape index (κ1) is 13.8. The molecule has 0 aliphatic carbocycles. The van der Waals surface area contributed by atoms with E-state index in [1.807, 2.05) is 30.2 Å². The summed E-state index contributed by atoms with van der Waals surface area (Å²) < 4.78 is 3.60. The number of hydrogen-bond donors (Lipinski definition) is 1. The fraction of sp³-hybridized carbons (Fsp3) is 0.500. The van der Waals surface area contributed by atoms with E-state index >= 15 is 0 Å². The maximum atomic E-state index is 12.1. The lowest BCUT2D eigenvalue weighted by molar-refractivity contribution is -0.117. The monoisotopic (exact) mass is 288 g/mol. The van der Waals surface area contributed by atoms with Gasteiger partial charge in [-0.1, -0.05) is 0 Å². The van der Waals surface area contributed by atoms with E-state index in [-0.39, 0.29) is 5.91 Å². The molecule has 7 nitrogen and oxygen atoms in total. The zero-order valence-electron chi connectivity index (χ0n) is 12.1. The summed E-state index contributed by atoms with van der Waals surface area (Å²) in [5.74, 6) is 0.589. The van der Waals surface area contributed by atoms with E-state index in [9.17, 15) is 4.79 Å². The Balaban J connectivity index is 1.54. The van der Waals surface area contributed by atoms with E-state index in [4.69, 9.17) is 0 Å². The number of likely N-dealkylation sites (tertiary alicyclic amines) is 1. The number of rotatable bonds is 5. The Morgan fingerprint density at radius 3 is 3.10 bits per heavy atom. The second kappa shape index (κ2) is 6.09. The van der Waals surface area contributed by atoms with Crippen LogP contribution < -0.4 is 5.32 Å². The number of aromatic nitrogens is 4. The van der Waals surface area contributed by atoms with Crippen LogP contribution in [0.5, 0.6) is 0 Å². The fourth-order valence-electron chi connectivity index (χ4n) is 2.78. The van der Waals surface area contributed by atoms with Crippen LogP contribution in [0.1, 0.15) is 12.8 Å². The summed E-state index contributed by atoms with van der Waals surface area (Å²) in [5, 5.41) is 11.2. The topological polar surface area (TPSA) is 68.0 Å².